The molecule has 1 saturated heterocycles. The van der Waals surface area contributed by atoms with Crippen LogP contribution in [0.5, 0.6) is 11.5 Å². The lowest BCUT2D eigenvalue weighted by molar-refractivity contribution is -0.147. The van der Waals surface area contributed by atoms with Crippen molar-refractivity contribution in [3.05, 3.63) is 53.1 Å². The van der Waals surface area contributed by atoms with Gasteiger partial charge in [-0.25, -0.2) is 0 Å². The van der Waals surface area contributed by atoms with Gasteiger partial charge in [0.25, 0.3) is 0 Å². The summed E-state index contributed by atoms with van der Waals surface area (Å²) in [7, 11) is 2.95. The zero-order chi connectivity index (χ0) is 21.0. The molecule has 0 aromatic heterocycles. The van der Waals surface area contributed by atoms with Crippen molar-refractivity contribution in [2.24, 2.45) is 5.92 Å². The van der Waals surface area contributed by atoms with Gasteiger partial charge in [0.1, 0.15) is 11.5 Å². The lowest BCUT2D eigenvalue weighted by Crippen LogP contribution is -2.27. The molecule has 1 amide bonds. The van der Waals surface area contributed by atoms with E-state index in [1.165, 1.54) is 19.1 Å². The van der Waals surface area contributed by atoms with Gasteiger partial charge >= 0.3 is 5.97 Å². The molecule has 1 fully saturated rings. The molecule has 152 valence electrons. The molecule has 7 nitrogen and oxygen atoms in total. The van der Waals surface area contributed by atoms with Crippen molar-refractivity contribution in [3.63, 3.8) is 0 Å². The predicted octanol–water partition coefficient (Wildman–Crippen LogP) is 3.14. The molecule has 1 aliphatic heterocycles. The largest absolute Gasteiger partial charge is 0.496 e. The van der Waals surface area contributed by atoms with Crippen molar-refractivity contribution in [1.82, 2.24) is 0 Å². The fourth-order valence-electron chi connectivity index (χ4n) is 3.18. The van der Waals surface area contributed by atoms with Crippen molar-refractivity contribution < 1.29 is 28.6 Å². The molecule has 1 aliphatic rings. The van der Waals surface area contributed by atoms with Crippen LogP contribution in [-0.2, 0) is 14.3 Å². The maximum Gasteiger partial charge on any atom is 0.311 e. The zero-order valence-electron chi connectivity index (χ0n) is 16.0. The number of anilines is 1. The first-order valence-corrected chi connectivity index (χ1v) is 9.29. The Hall–Kier alpha value is -3.06. The van der Waals surface area contributed by atoms with E-state index in [-0.39, 0.29) is 24.7 Å². The summed E-state index contributed by atoms with van der Waals surface area (Å²) in [5.74, 6) is -1.04. The average molecular weight is 418 g/mol. The number of amides is 1. The number of benzene rings is 2. The number of halogens is 1. The Bertz CT molecular complexity index is 945. The van der Waals surface area contributed by atoms with Gasteiger partial charge in [0.05, 0.1) is 31.4 Å². The van der Waals surface area contributed by atoms with E-state index >= 15 is 0 Å². The average Bonchev–Trinajstić information content (AvgIpc) is 3.13. The number of ether oxygens (including phenoxy) is 3. The summed E-state index contributed by atoms with van der Waals surface area (Å²) in [5.41, 5.74) is 0.820. The first-order chi connectivity index (χ1) is 13.9. The van der Waals surface area contributed by atoms with Crippen LogP contribution in [0, 0.1) is 5.92 Å². The van der Waals surface area contributed by atoms with Crippen molar-refractivity contribution in [2.75, 3.05) is 32.3 Å². The number of esters is 1. The second-order valence-electron chi connectivity index (χ2n) is 6.45. The molecule has 2 aromatic rings. The van der Waals surface area contributed by atoms with E-state index in [9.17, 15) is 14.4 Å². The van der Waals surface area contributed by atoms with Gasteiger partial charge in [-0.2, -0.15) is 0 Å². The maximum atomic E-state index is 12.4. The lowest BCUT2D eigenvalue weighted by Gasteiger charge is -2.19. The van der Waals surface area contributed by atoms with Crippen LogP contribution < -0.4 is 14.4 Å². The smallest absolute Gasteiger partial charge is 0.311 e. The minimum atomic E-state index is -0.684. The van der Waals surface area contributed by atoms with Crippen LogP contribution in [0.2, 0.25) is 5.02 Å². The van der Waals surface area contributed by atoms with Crippen molar-refractivity contribution in [1.29, 1.82) is 0 Å². The van der Waals surface area contributed by atoms with E-state index in [2.05, 4.69) is 0 Å². The number of ketones is 1. The number of Topliss-reactive ketones (excluding diaryl/α,β-unsaturated/α-hetero) is 1. The molecular weight excluding hydrogens is 398 g/mol. The Morgan fingerprint density at radius 3 is 2.55 bits per heavy atom. The van der Waals surface area contributed by atoms with Gasteiger partial charge in [-0.05, 0) is 30.3 Å². The van der Waals surface area contributed by atoms with Gasteiger partial charge in [-0.1, -0.05) is 23.7 Å². The van der Waals surface area contributed by atoms with Gasteiger partial charge in [-0.3, -0.25) is 14.4 Å². The molecule has 0 aliphatic carbocycles. The molecule has 0 saturated carbocycles. The van der Waals surface area contributed by atoms with Gasteiger partial charge in [0, 0.05) is 18.0 Å². The molecule has 2 aromatic carbocycles. The third-order valence-corrected chi connectivity index (χ3v) is 4.88. The van der Waals surface area contributed by atoms with Crippen LogP contribution in [0.25, 0.3) is 0 Å². The monoisotopic (exact) mass is 417 g/mol. The molecule has 8 heteroatoms. The minimum absolute atomic E-state index is 0.0165. The van der Waals surface area contributed by atoms with Crippen LogP contribution in [0.4, 0.5) is 5.69 Å². The standard InChI is InChI=1S/C21H20ClNO6/c1-27-18-6-4-3-5-15(18)17(24)12-29-21(26)13-9-20(25)23(11-13)16-10-14(22)7-8-19(16)28-2/h3-8,10,13H,9,11-12H2,1-2H3/t13-/m1/s1. The Balaban J connectivity index is 1.65. The fraction of sp³-hybridized carbons (Fsp3) is 0.286. The highest BCUT2D eigenvalue weighted by atomic mass is 35.5. The molecular formula is C21H20ClNO6. The van der Waals surface area contributed by atoms with Crippen molar-refractivity contribution in [2.45, 2.75) is 6.42 Å². The van der Waals surface area contributed by atoms with Crippen molar-refractivity contribution in [3.8, 4) is 11.5 Å². The quantitative estimate of drug-likeness (QED) is 0.508. The zero-order valence-corrected chi connectivity index (χ0v) is 16.8. The number of carbonyl (C=O) groups excluding carboxylic acids is 3. The molecule has 0 bridgehead atoms. The summed E-state index contributed by atoms with van der Waals surface area (Å²) in [5, 5.41) is 0.446. The number of carbonyl (C=O) groups is 3. The fourth-order valence-corrected chi connectivity index (χ4v) is 3.35. The lowest BCUT2D eigenvalue weighted by atomic mass is 10.1. The topological polar surface area (TPSA) is 82.1 Å². The normalized spacial score (nSPS) is 15.9. The number of methoxy groups -OCH3 is 2. The van der Waals surface area contributed by atoms with Crippen LogP contribution in [0.1, 0.15) is 16.8 Å². The molecule has 0 N–H and O–H groups in total. The second kappa shape index (κ2) is 8.96. The number of rotatable bonds is 7. The van der Waals surface area contributed by atoms with Crippen molar-refractivity contribution >= 4 is 34.9 Å². The Morgan fingerprint density at radius 2 is 1.83 bits per heavy atom. The number of nitrogens with zero attached hydrogens (tertiary/aromatic N) is 1. The molecule has 0 radical (unpaired) electrons. The summed E-state index contributed by atoms with van der Waals surface area (Å²) >= 11 is 6.03. The Kier molecular flexibility index (Phi) is 6.39. The first kappa shape index (κ1) is 20.7. The first-order valence-electron chi connectivity index (χ1n) is 8.91. The van der Waals surface area contributed by atoms with Gasteiger partial charge in [-0.15, -0.1) is 0 Å². The van der Waals surface area contributed by atoms with E-state index in [0.29, 0.717) is 27.8 Å². The third kappa shape index (κ3) is 4.51. The summed E-state index contributed by atoms with van der Waals surface area (Å²) in [6, 6.07) is 11.6. The summed E-state index contributed by atoms with van der Waals surface area (Å²) in [6.07, 6.45) is -0.0165. The molecule has 1 atom stereocenters. The Labute approximate surface area is 173 Å². The number of hydrogen-bond donors (Lipinski definition) is 0. The van der Waals surface area contributed by atoms with Crippen LogP contribution in [0.3, 0.4) is 0 Å². The summed E-state index contributed by atoms with van der Waals surface area (Å²) < 4.78 is 15.6. The van der Waals surface area contributed by atoms with Gasteiger partial charge in [0.2, 0.25) is 11.7 Å². The molecule has 0 unspecified atom stereocenters. The molecule has 29 heavy (non-hydrogen) atoms. The van der Waals surface area contributed by atoms with Crippen LogP contribution >= 0.6 is 11.6 Å². The predicted molar refractivity (Wildman–Crippen MR) is 107 cm³/mol. The van der Waals surface area contributed by atoms with E-state index in [1.54, 1.807) is 42.5 Å². The van der Waals surface area contributed by atoms with Crippen LogP contribution in [0.15, 0.2) is 42.5 Å². The Morgan fingerprint density at radius 1 is 1.10 bits per heavy atom. The molecule has 1 heterocycles. The SMILES string of the molecule is COc1ccccc1C(=O)COC(=O)[C@@H]1CC(=O)N(c2cc(Cl)ccc2OC)C1. The second-order valence-corrected chi connectivity index (χ2v) is 6.89. The van der Waals surface area contributed by atoms with E-state index in [4.69, 9.17) is 25.8 Å². The van der Waals surface area contributed by atoms with Gasteiger partial charge in [0.15, 0.2) is 6.61 Å². The van der Waals surface area contributed by atoms with E-state index < -0.39 is 18.5 Å². The minimum Gasteiger partial charge on any atom is -0.496 e. The maximum absolute atomic E-state index is 12.4. The molecule has 3 rings (SSSR count). The third-order valence-electron chi connectivity index (χ3n) is 4.64. The summed E-state index contributed by atoms with van der Waals surface area (Å²) in [6.45, 7) is -0.304. The number of hydrogen-bond acceptors (Lipinski definition) is 6. The van der Waals surface area contributed by atoms with Gasteiger partial charge < -0.3 is 19.1 Å². The summed E-state index contributed by atoms with van der Waals surface area (Å²) in [4.78, 5) is 38.7. The highest BCUT2D eigenvalue weighted by molar-refractivity contribution is 6.31. The number of para-hydroxylation sites is 1. The highest BCUT2D eigenvalue weighted by Gasteiger charge is 2.37. The van der Waals surface area contributed by atoms with E-state index in [1.807, 2.05) is 0 Å². The van der Waals surface area contributed by atoms with E-state index in [0.717, 1.165) is 0 Å². The molecule has 0 spiro atoms. The van der Waals surface area contributed by atoms with Crippen LogP contribution in [-0.4, -0.2) is 45.0 Å². The highest BCUT2D eigenvalue weighted by Crippen LogP contribution is 2.35.